The van der Waals surface area contributed by atoms with Crippen molar-refractivity contribution in [3.8, 4) is 0 Å². The summed E-state index contributed by atoms with van der Waals surface area (Å²) in [5, 5.41) is 5.58. The van der Waals surface area contributed by atoms with Crippen molar-refractivity contribution in [1.29, 1.82) is 0 Å². The molecule has 33 heavy (non-hydrogen) atoms. The van der Waals surface area contributed by atoms with Crippen LogP contribution in [0.2, 0.25) is 0 Å². The molecule has 1 aliphatic rings. The first-order valence-corrected chi connectivity index (χ1v) is 10.6. The lowest BCUT2D eigenvalue weighted by Gasteiger charge is -2.23. The third-order valence-electron chi connectivity index (χ3n) is 5.85. The predicted molar refractivity (Wildman–Crippen MR) is 122 cm³/mol. The minimum Gasteiger partial charge on any atom is -0.344 e. The molecule has 2 N–H and O–H groups in total. The molecular weight excluding hydrogens is 421 g/mol. The second kappa shape index (κ2) is 8.86. The van der Waals surface area contributed by atoms with E-state index in [4.69, 9.17) is 0 Å². The van der Waals surface area contributed by atoms with Crippen LogP contribution in [0, 0.1) is 12.7 Å². The predicted octanol–water partition coefficient (Wildman–Crippen LogP) is 3.81. The zero-order valence-corrected chi connectivity index (χ0v) is 18.3. The second-order valence-electron chi connectivity index (χ2n) is 8.28. The number of nitrogens with one attached hydrogen (secondary N) is 2. The molecule has 0 saturated carbocycles. The number of urea groups is 1. The molecule has 7 heteroatoms. The number of halogens is 1. The first kappa shape index (κ1) is 22.2. The Balaban J connectivity index is 1.54. The number of benzene rings is 3. The molecule has 4 rings (SSSR count). The van der Waals surface area contributed by atoms with E-state index < -0.39 is 41.8 Å². The Morgan fingerprint density at radius 3 is 2.21 bits per heavy atom. The third-order valence-corrected chi connectivity index (χ3v) is 5.85. The first-order chi connectivity index (χ1) is 15.8. The maximum Gasteiger partial charge on any atom is 0.325 e. The summed E-state index contributed by atoms with van der Waals surface area (Å²) in [4.78, 5) is 39.5. The molecule has 2 atom stereocenters. The van der Waals surface area contributed by atoms with Crippen LogP contribution in [0.1, 0.15) is 35.2 Å². The van der Waals surface area contributed by atoms with Gasteiger partial charge in [-0.15, -0.1) is 0 Å². The normalized spacial score (nSPS) is 18.7. The van der Waals surface area contributed by atoms with Crippen molar-refractivity contribution < 1.29 is 18.8 Å². The Bertz CT molecular complexity index is 1180. The van der Waals surface area contributed by atoms with Crippen LogP contribution in [0.15, 0.2) is 78.9 Å². The average molecular weight is 445 g/mol. The van der Waals surface area contributed by atoms with E-state index in [0.29, 0.717) is 5.56 Å². The lowest BCUT2D eigenvalue weighted by atomic mass is 9.92. The maximum atomic E-state index is 13.3. The highest BCUT2D eigenvalue weighted by molar-refractivity contribution is 6.09. The van der Waals surface area contributed by atoms with Gasteiger partial charge in [0, 0.05) is 0 Å². The zero-order chi connectivity index (χ0) is 23.6. The van der Waals surface area contributed by atoms with Crippen LogP contribution in [-0.2, 0) is 15.1 Å². The standard InChI is InChI=1S/C26H24FN3O3/c1-17-8-10-19(11-9-17)23(18-6-4-3-5-7-18)28-22(31)16-30-24(32)26(2,29-25(30)33)20-12-14-21(27)15-13-20/h3-15,23H,16H2,1-2H3,(H,28,31)(H,29,33). The molecular formula is C26H24FN3O3. The molecule has 0 bridgehead atoms. The van der Waals surface area contributed by atoms with Crippen molar-refractivity contribution in [2.24, 2.45) is 0 Å². The van der Waals surface area contributed by atoms with Crippen molar-refractivity contribution in [3.63, 3.8) is 0 Å². The fourth-order valence-corrected chi connectivity index (χ4v) is 3.93. The molecule has 1 saturated heterocycles. The van der Waals surface area contributed by atoms with Gasteiger partial charge in [0.15, 0.2) is 0 Å². The van der Waals surface area contributed by atoms with Crippen molar-refractivity contribution in [1.82, 2.24) is 15.5 Å². The van der Waals surface area contributed by atoms with Crippen LogP contribution >= 0.6 is 0 Å². The Morgan fingerprint density at radius 1 is 0.970 bits per heavy atom. The van der Waals surface area contributed by atoms with Gasteiger partial charge < -0.3 is 10.6 Å². The number of rotatable bonds is 6. The van der Waals surface area contributed by atoms with Gasteiger partial charge in [-0.05, 0) is 42.7 Å². The molecule has 0 spiro atoms. The molecule has 6 nitrogen and oxygen atoms in total. The number of amides is 4. The van der Waals surface area contributed by atoms with Gasteiger partial charge in [0.25, 0.3) is 5.91 Å². The Morgan fingerprint density at radius 2 is 1.58 bits per heavy atom. The summed E-state index contributed by atoms with van der Waals surface area (Å²) < 4.78 is 13.3. The summed E-state index contributed by atoms with van der Waals surface area (Å²) in [6.07, 6.45) is 0. The van der Waals surface area contributed by atoms with E-state index in [0.717, 1.165) is 21.6 Å². The molecule has 1 fully saturated rings. The number of imide groups is 1. The molecule has 3 aromatic rings. The van der Waals surface area contributed by atoms with Gasteiger partial charge >= 0.3 is 6.03 Å². The molecule has 0 radical (unpaired) electrons. The van der Waals surface area contributed by atoms with Gasteiger partial charge in [-0.2, -0.15) is 0 Å². The minimum absolute atomic E-state index is 0.434. The number of hydrogen-bond donors (Lipinski definition) is 2. The lowest BCUT2D eigenvalue weighted by molar-refractivity contribution is -0.135. The number of carbonyl (C=O) groups excluding carboxylic acids is 3. The SMILES string of the molecule is Cc1ccc(C(NC(=O)CN2C(=O)NC(C)(c3ccc(F)cc3)C2=O)c2ccccc2)cc1. The summed E-state index contributed by atoms with van der Waals surface area (Å²) in [7, 11) is 0. The Kier molecular flexibility index (Phi) is 5.96. The maximum absolute atomic E-state index is 13.3. The monoisotopic (exact) mass is 445 g/mol. The number of carbonyl (C=O) groups is 3. The molecule has 168 valence electrons. The minimum atomic E-state index is -1.37. The zero-order valence-electron chi connectivity index (χ0n) is 18.3. The van der Waals surface area contributed by atoms with E-state index in [9.17, 15) is 18.8 Å². The number of aryl methyl sites for hydroxylation is 1. The van der Waals surface area contributed by atoms with Gasteiger partial charge in [0.1, 0.15) is 17.9 Å². The molecule has 1 aliphatic heterocycles. The van der Waals surface area contributed by atoms with E-state index >= 15 is 0 Å². The van der Waals surface area contributed by atoms with E-state index in [1.165, 1.54) is 31.2 Å². The van der Waals surface area contributed by atoms with Crippen molar-refractivity contribution in [2.75, 3.05) is 6.54 Å². The van der Waals surface area contributed by atoms with Crippen LogP contribution in [-0.4, -0.2) is 29.3 Å². The highest BCUT2D eigenvalue weighted by atomic mass is 19.1. The van der Waals surface area contributed by atoms with Crippen molar-refractivity contribution in [2.45, 2.75) is 25.4 Å². The first-order valence-electron chi connectivity index (χ1n) is 10.6. The van der Waals surface area contributed by atoms with Crippen LogP contribution in [0.4, 0.5) is 9.18 Å². The highest BCUT2D eigenvalue weighted by Gasteiger charge is 2.49. The van der Waals surface area contributed by atoms with Crippen LogP contribution in [0.3, 0.4) is 0 Å². The number of hydrogen-bond acceptors (Lipinski definition) is 3. The summed E-state index contributed by atoms with van der Waals surface area (Å²) in [5.41, 5.74) is 1.92. The Labute approximate surface area is 191 Å². The van der Waals surface area contributed by atoms with Gasteiger partial charge in [-0.1, -0.05) is 72.3 Å². The summed E-state index contributed by atoms with van der Waals surface area (Å²) in [6.45, 7) is 3.09. The molecule has 1 heterocycles. The molecule has 2 unspecified atom stereocenters. The van der Waals surface area contributed by atoms with Gasteiger partial charge in [0.2, 0.25) is 5.91 Å². The van der Waals surface area contributed by atoms with Crippen molar-refractivity contribution in [3.05, 3.63) is 107 Å². The molecule has 3 aromatic carbocycles. The summed E-state index contributed by atoms with van der Waals surface area (Å²) in [5.74, 6) is -1.49. The highest BCUT2D eigenvalue weighted by Crippen LogP contribution is 2.29. The molecule has 0 aliphatic carbocycles. The topological polar surface area (TPSA) is 78.5 Å². The van der Waals surface area contributed by atoms with E-state index in [-0.39, 0.29) is 0 Å². The van der Waals surface area contributed by atoms with Gasteiger partial charge in [-0.25, -0.2) is 9.18 Å². The molecule has 0 aromatic heterocycles. The fourth-order valence-electron chi connectivity index (χ4n) is 3.93. The quantitative estimate of drug-likeness (QED) is 0.567. The Hall–Kier alpha value is -4.00. The fraction of sp³-hybridized carbons (Fsp3) is 0.192. The van der Waals surface area contributed by atoms with E-state index in [1.807, 2.05) is 61.5 Å². The summed E-state index contributed by atoms with van der Waals surface area (Å²) in [6, 6.07) is 21.5. The van der Waals surface area contributed by atoms with Gasteiger partial charge in [-0.3, -0.25) is 14.5 Å². The van der Waals surface area contributed by atoms with E-state index in [2.05, 4.69) is 10.6 Å². The van der Waals surface area contributed by atoms with Gasteiger partial charge in [0.05, 0.1) is 6.04 Å². The van der Waals surface area contributed by atoms with Crippen LogP contribution < -0.4 is 10.6 Å². The third kappa shape index (κ3) is 4.48. The largest absolute Gasteiger partial charge is 0.344 e. The summed E-state index contributed by atoms with van der Waals surface area (Å²) >= 11 is 0. The average Bonchev–Trinajstić information content (AvgIpc) is 3.03. The van der Waals surface area contributed by atoms with Crippen LogP contribution in [0.5, 0.6) is 0 Å². The second-order valence-corrected chi connectivity index (χ2v) is 8.28. The van der Waals surface area contributed by atoms with Crippen LogP contribution in [0.25, 0.3) is 0 Å². The lowest BCUT2D eigenvalue weighted by Crippen LogP contribution is -2.44. The van der Waals surface area contributed by atoms with E-state index in [1.54, 1.807) is 0 Å². The number of nitrogens with zero attached hydrogens (tertiary/aromatic N) is 1. The molecule has 4 amide bonds. The van der Waals surface area contributed by atoms with Crippen molar-refractivity contribution >= 4 is 17.8 Å². The smallest absolute Gasteiger partial charge is 0.325 e.